The zero-order chi connectivity index (χ0) is 18.5. The lowest BCUT2D eigenvalue weighted by atomic mass is 10.2. The van der Waals surface area contributed by atoms with E-state index in [0.717, 1.165) is 6.07 Å². The van der Waals surface area contributed by atoms with Crippen molar-refractivity contribution in [1.29, 1.82) is 0 Å². The van der Waals surface area contributed by atoms with Crippen molar-refractivity contribution in [2.45, 2.75) is 26.4 Å². The number of likely N-dealkylation sites (N-methyl/N-ethyl adjacent to an activating group) is 1. The quantitative estimate of drug-likeness (QED) is 0.686. The van der Waals surface area contributed by atoms with Crippen LogP contribution in [0, 0.1) is 5.82 Å². The number of rotatable bonds is 6. The average Bonchev–Trinajstić information content (AvgIpc) is 2.39. The van der Waals surface area contributed by atoms with Crippen molar-refractivity contribution in [2.75, 3.05) is 33.7 Å². The number of nitrogens with zero attached hydrogens (tertiary/aromatic N) is 2. The number of halogens is 2. The molecule has 0 bridgehead atoms. The van der Waals surface area contributed by atoms with Gasteiger partial charge in [-0.15, -0.1) is 0 Å². The van der Waals surface area contributed by atoms with E-state index in [-0.39, 0.29) is 12.1 Å². The number of hydrogen-bond acceptors (Lipinski definition) is 4. The summed E-state index contributed by atoms with van der Waals surface area (Å²) in [4.78, 5) is 28.0. The number of hydrogen-bond donors (Lipinski definition) is 0. The van der Waals surface area contributed by atoms with Crippen molar-refractivity contribution in [2.24, 2.45) is 0 Å². The zero-order valence-electron chi connectivity index (χ0n) is 14.7. The van der Waals surface area contributed by atoms with Crippen molar-refractivity contribution in [3.63, 3.8) is 0 Å². The first-order chi connectivity index (χ1) is 11.0. The molecule has 0 radical (unpaired) electrons. The highest BCUT2D eigenvalue weighted by atomic mass is 79.9. The summed E-state index contributed by atoms with van der Waals surface area (Å²) in [6.07, 6.45) is 0. The Balaban J connectivity index is 2.95. The summed E-state index contributed by atoms with van der Waals surface area (Å²) in [5.74, 6) is -1.43. The van der Waals surface area contributed by atoms with Crippen molar-refractivity contribution >= 4 is 27.8 Å². The third-order valence-corrected chi connectivity index (χ3v) is 3.41. The molecule has 7 heteroatoms. The molecule has 0 saturated carbocycles. The fraction of sp³-hybridized carbons (Fsp3) is 0.529. The van der Waals surface area contributed by atoms with Gasteiger partial charge >= 0.3 is 5.97 Å². The molecule has 0 unspecified atom stereocenters. The summed E-state index contributed by atoms with van der Waals surface area (Å²) in [5, 5.41) is 0. The van der Waals surface area contributed by atoms with Crippen LogP contribution in [0.1, 0.15) is 31.1 Å². The Kier molecular flexibility index (Phi) is 7.35. The van der Waals surface area contributed by atoms with Crippen LogP contribution >= 0.6 is 15.9 Å². The van der Waals surface area contributed by atoms with Crippen molar-refractivity contribution in [3.8, 4) is 0 Å². The first-order valence-electron chi connectivity index (χ1n) is 7.60. The molecule has 1 rings (SSSR count). The third kappa shape index (κ3) is 7.40. The molecule has 0 aliphatic carbocycles. The fourth-order valence-corrected chi connectivity index (χ4v) is 2.43. The van der Waals surface area contributed by atoms with Crippen LogP contribution in [-0.4, -0.2) is 61.0 Å². The van der Waals surface area contributed by atoms with Gasteiger partial charge in [0.1, 0.15) is 18.0 Å². The lowest BCUT2D eigenvalue weighted by molar-refractivity contribution is -0.155. The van der Waals surface area contributed by atoms with Crippen LogP contribution in [0.3, 0.4) is 0 Å². The molecule has 134 valence electrons. The molecule has 0 spiro atoms. The molecule has 0 aromatic heterocycles. The van der Waals surface area contributed by atoms with Crippen LogP contribution < -0.4 is 0 Å². The minimum Gasteiger partial charge on any atom is -0.459 e. The molecule has 0 N–H and O–H groups in total. The van der Waals surface area contributed by atoms with E-state index >= 15 is 0 Å². The summed E-state index contributed by atoms with van der Waals surface area (Å²) >= 11 is 3.17. The van der Waals surface area contributed by atoms with E-state index in [2.05, 4.69) is 15.9 Å². The van der Waals surface area contributed by atoms with Gasteiger partial charge in [-0.2, -0.15) is 0 Å². The van der Waals surface area contributed by atoms with Gasteiger partial charge in [-0.05, 0) is 53.1 Å². The van der Waals surface area contributed by atoms with Crippen LogP contribution in [0.5, 0.6) is 0 Å². The predicted molar refractivity (Wildman–Crippen MR) is 94.4 cm³/mol. The molecule has 24 heavy (non-hydrogen) atoms. The highest BCUT2D eigenvalue weighted by Gasteiger charge is 2.23. The Bertz CT molecular complexity index is 580. The van der Waals surface area contributed by atoms with E-state index in [1.165, 1.54) is 17.0 Å². The molecule has 0 heterocycles. The normalized spacial score (nSPS) is 11.5. The van der Waals surface area contributed by atoms with Gasteiger partial charge in [-0.1, -0.05) is 15.9 Å². The maximum absolute atomic E-state index is 13.6. The van der Waals surface area contributed by atoms with Gasteiger partial charge in [0.05, 0.1) is 0 Å². The molecule has 1 aromatic carbocycles. The largest absolute Gasteiger partial charge is 0.459 e. The van der Waals surface area contributed by atoms with Gasteiger partial charge in [0.25, 0.3) is 5.91 Å². The predicted octanol–water partition coefficient (Wildman–Crippen LogP) is 2.93. The fourth-order valence-electron chi connectivity index (χ4n) is 1.96. The van der Waals surface area contributed by atoms with Crippen LogP contribution in [0.2, 0.25) is 0 Å². The molecule has 0 aliphatic heterocycles. The van der Waals surface area contributed by atoms with Gasteiger partial charge in [-0.3, -0.25) is 9.59 Å². The Morgan fingerprint density at radius 1 is 1.17 bits per heavy atom. The second-order valence-corrected chi connectivity index (χ2v) is 7.69. The minimum absolute atomic E-state index is 0.182. The SMILES string of the molecule is CN(C)CCN(CC(=O)OC(C)(C)C)C(=O)c1cc(F)cc(Br)c1. The second kappa shape index (κ2) is 8.58. The van der Waals surface area contributed by atoms with E-state index < -0.39 is 23.3 Å². The summed E-state index contributed by atoms with van der Waals surface area (Å²) in [7, 11) is 3.74. The number of benzene rings is 1. The van der Waals surface area contributed by atoms with Crippen LogP contribution in [0.4, 0.5) is 4.39 Å². The molecular formula is C17H24BrFN2O3. The smallest absolute Gasteiger partial charge is 0.326 e. The molecule has 5 nitrogen and oxygen atoms in total. The number of carbonyl (C=O) groups is 2. The molecule has 0 atom stereocenters. The lowest BCUT2D eigenvalue weighted by Crippen LogP contribution is -2.42. The molecule has 1 amide bonds. The van der Waals surface area contributed by atoms with Gasteiger partial charge < -0.3 is 14.5 Å². The summed E-state index contributed by atoms with van der Waals surface area (Å²) in [5.41, 5.74) is -0.445. The highest BCUT2D eigenvalue weighted by molar-refractivity contribution is 9.10. The molecule has 0 saturated heterocycles. The Labute approximate surface area is 150 Å². The van der Waals surface area contributed by atoms with Crippen molar-refractivity contribution in [3.05, 3.63) is 34.1 Å². The van der Waals surface area contributed by atoms with Crippen molar-refractivity contribution in [1.82, 2.24) is 9.80 Å². The number of amides is 1. The van der Waals surface area contributed by atoms with Crippen LogP contribution in [0.25, 0.3) is 0 Å². The summed E-state index contributed by atoms with van der Waals surface area (Å²) < 4.78 is 19.3. The van der Waals surface area contributed by atoms with Gasteiger partial charge in [0.15, 0.2) is 0 Å². The summed E-state index contributed by atoms with van der Waals surface area (Å²) in [6.45, 7) is 6.02. The van der Waals surface area contributed by atoms with Gasteiger partial charge in [0, 0.05) is 23.1 Å². The Hall–Kier alpha value is -1.47. The van der Waals surface area contributed by atoms with E-state index in [0.29, 0.717) is 17.6 Å². The molecule has 0 aliphatic rings. The third-order valence-electron chi connectivity index (χ3n) is 2.95. The Morgan fingerprint density at radius 2 is 1.79 bits per heavy atom. The van der Waals surface area contributed by atoms with E-state index in [4.69, 9.17) is 4.74 Å². The topological polar surface area (TPSA) is 49.9 Å². The first-order valence-corrected chi connectivity index (χ1v) is 8.39. The molecule has 0 fully saturated rings. The van der Waals surface area contributed by atoms with E-state index in [1.54, 1.807) is 20.8 Å². The van der Waals surface area contributed by atoms with Crippen molar-refractivity contribution < 1.29 is 18.7 Å². The highest BCUT2D eigenvalue weighted by Crippen LogP contribution is 2.17. The zero-order valence-corrected chi connectivity index (χ0v) is 16.3. The summed E-state index contributed by atoms with van der Waals surface area (Å²) in [6, 6.07) is 3.96. The van der Waals surface area contributed by atoms with Gasteiger partial charge in [-0.25, -0.2) is 4.39 Å². The maximum atomic E-state index is 13.6. The number of ether oxygens (including phenoxy) is 1. The molecule has 1 aromatic rings. The van der Waals surface area contributed by atoms with E-state index in [9.17, 15) is 14.0 Å². The Morgan fingerprint density at radius 3 is 2.29 bits per heavy atom. The molecular weight excluding hydrogens is 379 g/mol. The standard InChI is InChI=1S/C17H24BrFN2O3/c1-17(2,3)24-15(22)11-21(7-6-20(4)5)16(23)12-8-13(18)10-14(19)9-12/h8-10H,6-7,11H2,1-5H3. The maximum Gasteiger partial charge on any atom is 0.326 e. The number of esters is 1. The lowest BCUT2D eigenvalue weighted by Gasteiger charge is -2.26. The van der Waals surface area contributed by atoms with Crippen LogP contribution in [0.15, 0.2) is 22.7 Å². The minimum atomic E-state index is -0.630. The van der Waals surface area contributed by atoms with Gasteiger partial charge in [0.2, 0.25) is 0 Å². The first kappa shape index (κ1) is 20.6. The average molecular weight is 403 g/mol. The second-order valence-electron chi connectivity index (χ2n) is 6.77. The van der Waals surface area contributed by atoms with E-state index in [1.807, 2.05) is 19.0 Å². The van der Waals surface area contributed by atoms with Crippen LogP contribution in [-0.2, 0) is 9.53 Å². The monoisotopic (exact) mass is 402 g/mol. The number of carbonyl (C=O) groups excluding carboxylic acids is 2.